The molecule has 2 aromatic heterocycles. The van der Waals surface area contributed by atoms with Gasteiger partial charge in [0.05, 0.1) is 24.2 Å². The molecule has 0 fully saturated rings. The molecule has 3 rings (SSSR count). The topological polar surface area (TPSA) is 64.9 Å². The van der Waals surface area contributed by atoms with Crippen LogP contribution in [0.3, 0.4) is 0 Å². The molecule has 0 amide bonds. The van der Waals surface area contributed by atoms with E-state index in [1.165, 1.54) is 0 Å². The standard InChI is InChI=1S/C13H11N3O/c14-13(11-7-15-5-6-16-11)10-8-17-12-4-2-1-3-9(10)12/h1-8,13H,14H2. The van der Waals surface area contributed by atoms with Crippen molar-refractivity contribution in [2.24, 2.45) is 5.73 Å². The van der Waals surface area contributed by atoms with Gasteiger partial charge in [-0.15, -0.1) is 0 Å². The monoisotopic (exact) mass is 225 g/mol. The molecule has 0 spiro atoms. The first-order chi connectivity index (χ1) is 8.36. The molecule has 1 aromatic carbocycles. The second kappa shape index (κ2) is 3.99. The Morgan fingerprint density at radius 3 is 2.88 bits per heavy atom. The van der Waals surface area contributed by atoms with Crippen molar-refractivity contribution in [3.8, 4) is 0 Å². The molecule has 4 heteroatoms. The number of para-hydroxylation sites is 1. The molecule has 2 N–H and O–H groups in total. The largest absolute Gasteiger partial charge is 0.464 e. The minimum atomic E-state index is -0.313. The van der Waals surface area contributed by atoms with Crippen molar-refractivity contribution in [1.29, 1.82) is 0 Å². The first-order valence-corrected chi connectivity index (χ1v) is 5.34. The van der Waals surface area contributed by atoms with E-state index in [0.29, 0.717) is 0 Å². The van der Waals surface area contributed by atoms with Crippen LogP contribution in [0, 0.1) is 0 Å². The highest BCUT2D eigenvalue weighted by molar-refractivity contribution is 5.81. The Kier molecular flexibility index (Phi) is 2.34. The second-order valence-electron chi connectivity index (χ2n) is 3.80. The van der Waals surface area contributed by atoms with Crippen LogP contribution >= 0.6 is 0 Å². The molecule has 84 valence electrons. The molecule has 0 aliphatic carbocycles. The summed E-state index contributed by atoms with van der Waals surface area (Å²) in [4.78, 5) is 8.23. The molecule has 0 aliphatic heterocycles. The van der Waals surface area contributed by atoms with Gasteiger partial charge in [-0.25, -0.2) is 0 Å². The van der Waals surface area contributed by atoms with Gasteiger partial charge >= 0.3 is 0 Å². The molecule has 1 unspecified atom stereocenters. The van der Waals surface area contributed by atoms with Crippen molar-refractivity contribution in [2.45, 2.75) is 6.04 Å². The highest BCUT2D eigenvalue weighted by atomic mass is 16.3. The van der Waals surface area contributed by atoms with Crippen LogP contribution in [-0.4, -0.2) is 9.97 Å². The maximum absolute atomic E-state index is 6.16. The lowest BCUT2D eigenvalue weighted by molar-refractivity contribution is 0.606. The van der Waals surface area contributed by atoms with E-state index < -0.39 is 0 Å². The Hall–Kier alpha value is -2.20. The number of hydrogen-bond donors (Lipinski definition) is 1. The molecule has 1 atom stereocenters. The Labute approximate surface area is 98.1 Å². The summed E-state index contributed by atoms with van der Waals surface area (Å²) >= 11 is 0. The number of aromatic nitrogens is 2. The van der Waals surface area contributed by atoms with Gasteiger partial charge in [-0.2, -0.15) is 0 Å². The third-order valence-electron chi connectivity index (χ3n) is 2.75. The van der Waals surface area contributed by atoms with E-state index in [9.17, 15) is 0 Å². The number of hydrogen-bond acceptors (Lipinski definition) is 4. The van der Waals surface area contributed by atoms with E-state index in [1.807, 2.05) is 24.3 Å². The minimum Gasteiger partial charge on any atom is -0.464 e. The summed E-state index contributed by atoms with van der Waals surface area (Å²) in [6, 6.07) is 7.49. The van der Waals surface area contributed by atoms with Gasteiger partial charge in [0, 0.05) is 23.3 Å². The van der Waals surface area contributed by atoms with Crippen LogP contribution in [-0.2, 0) is 0 Å². The van der Waals surface area contributed by atoms with E-state index in [4.69, 9.17) is 10.2 Å². The zero-order valence-electron chi connectivity index (χ0n) is 9.08. The lowest BCUT2D eigenvalue weighted by Gasteiger charge is -2.08. The SMILES string of the molecule is NC(c1cnccn1)c1coc2ccccc12. The van der Waals surface area contributed by atoms with E-state index in [2.05, 4.69) is 9.97 Å². The number of furan rings is 1. The lowest BCUT2D eigenvalue weighted by atomic mass is 10.0. The summed E-state index contributed by atoms with van der Waals surface area (Å²) in [7, 11) is 0. The maximum Gasteiger partial charge on any atom is 0.134 e. The van der Waals surface area contributed by atoms with E-state index >= 15 is 0 Å². The number of nitrogens with two attached hydrogens (primary N) is 1. The summed E-state index contributed by atoms with van der Waals surface area (Å²) in [5, 5.41) is 1.02. The molecule has 2 heterocycles. The number of nitrogens with zero attached hydrogens (tertiary/aromatic N) is 2. The van der Waals surface area contributed by atoms with Crippen molar-refractivity contribution >= 4 is 11.0 Å². The van der Waals surface area contributed by atoms with Crippen LogP contribution in [0.15, 0.2) is 53.5 Å². The summed E-state index contributed by atoms with van der Waals surface area (Å²) in [5.41, 5.74) is 8.67. The molecule has 0 radical (unpaired) electrons. The fourth-order valence-electron chi connectivity index (χ4n) is 1.87. The van der Waals surface area contributed by atoms with Crippen LogP contribution in [0.5, 0.6) is 0 Å². The van der Waals surface area contributed by atoms with Crippen LogP contribution in [0.4, 0.5) is 0 Å². The lowest BCUT2D eigenvalue weighted by Crippen LogP contribution is -2.13. The van der Waals surface area contributed by atoms with Crippen molar-refractivity contribution in [2.75, 3.05) is 0 Å². The highest BCUT2D eigenvalue weighted by Gasteiger charge is 2.15. The van der Waals surface area contributed by atoms with Crippen LogP contribution in [0.1, 0.15) is 17.3 Å². The molecular weight excluding hydrogens is 214 g/mol. The average Bonchev–Trinajstić information content (AvgIpc) is 2.83. The average molecular weight is 225 g/mol. The molecular formula is C13H11N3O. The second-order valence-corrected chi connectivity index (χ2v) is 3.80. The third-order valence-corrected chi connectivity index (χ3v) is 2.75. The fraction of sp³-hybridized carbons (Fsp3) is 0.0769. The van der Waals surface area contributed by atoms with Crippen LogP contribution in [0.25, 0.3) is 11.0 Å². The Balaban J connectivity index is 2.10. The van der Waals surface area contributed by atoms with Crippen molar-refractivity contribution in [3.05, 3.63) is 60.4 Å². The van der Waals surface area contributed by atoms with Gasteiger partial charge in [-0.1, -0.05) is 18.2 Å². The summed E-state index contributed by atoms with van der Waals surface area (Å²) in [6.07, 6.45) is 6.62. The first-order valence-electron chi connectivity index (χ1n) is 5.34. The fourth-order valence-corrected chi connectivity index (χ4v) is 1.87. The number of fused-ring (bicyclic) bond motifs is 1. The van der Waals surface area contributed by atoms with Crippen molar-refractivity contribution < 1.29 is 4.42 Å². The zero-order valence-corrected chi connectivity index (χ0v) is 9.08. The van der Waals surface area contributed by atoms with Gasteiger partial charge in [0.1, 0.15) is 5.58 Å². The normalized spacial score (nSPS) is 12.8. The van der Waals surface area contributed by atoms with Gasteiger partial charge in [0.15, 0.2) is 0 Å². The zero-order chi connectivity index (χ0) is 11.7. The summed E-state index contributed by atoms with van der Waals surface area (Å²) in [5.74, 6) is 0. The maximum atomic E-state index is 6.16. The van der Waals surface area contributed by atoms with Gasteiger partial charge < -0.3 is 10.2 Å². The Bertz CT molecular complexity index is 633. The molecule has 4 nitrogen and oxygen atoms in total. The molecule has 0 aliphatic rings. The molecule has 17 heavy (non-hydrogen) atoms. The van der Waals surface area contributed by atoms with Crippen LogP contribution in [0.2, 0.25) is 0 Å². The Morgan fingerprint density at radius 1 is 1.18 bits per heavy atom. The minimum absolute atomic E-state index is 0.313. The van der Waals surface area contributed by atoms with E-state index in [1.54, 1.807) is 24.9 Å². The molecule has 0 saturated heterocycles. The van der Waals surface area contributed by atoms with Gasteiger partial charge in [-0.05, 0) is 6.07 Å². The quantitative estimate of drug-likeness (QED) is 0.726. The molecule has 3 aromatic rings. The van der Waals surface area contributed by atoms with Crippen LogP contribution < -0.4 is 5.73 Å². The van der Waals surface area contributed by atoms with Gasteiger partial charge in [0.25, 0.3) is 0 Å². The smallest absolute Gasteiger partial charge is 0.134 e. The van der Waals surface area contributed by atoms with E-state index in [-0.39, 0.29) is 6.04 Å². The first kappa shape index (κ1) is 9.99. The predicted octanol–water partition coefficient (Wildman–Crippen LogP) is 2.27. The highest BCUT2D eigenvalue weighted by Crippen LogP contribution is 2.27. The van der Waals surface area contributed by atoms with E-state index in [0.717, 1.165) is 22.2 Å². The van der Waals surface area contributed by atoms with Crippen molar-refractivity contribution in [3.63, 3.8) is 0 Å². The molecule has 0 bridgehead atoms. The predicted molar refractivity (Wildman–Crippen MR) is 64.3 cm³/mol. The van der Waals surface area contributed by atoms with Gasteiger partial charge in [-0.3, -0.25) is 9.97 Å². The number of rotatable bonds is 2. The summed E-state index contributed by atoms with van der Waals surface area (Å²) in [6.45, 7) is 0. The Morgan fingerprint density at radius 2 is 2.06 bits per heavy atom. The summed E-state index contributed by atoms with van der Waals surface area (Å²) < 4.78 is 5.46. The van der Waals surface area contributed by atoms with Crippen molar-refractivity contribution in [1.82, 2.24) is 9.97 Å². The number of benzene rings is 1. The van der Waals surface area contributed by atoms with Gasteiger partial charge in [0.2, 0.25) is 0 Å². The third kappa shape index (κ3) is 1.68. The molecule has 0 saturated carbocycles.